The number of aliphatic hydroxyl groups excluding tert-OH is 1. The van der Waals surface area contributed by atoms with Gasteiger partial charge in [-0.2, -0.15) is 0 Å². The molecule has 0 saturated heterocycles. The number of aliphatic hydroxyl groups is 1. The second kappa shape index (κ2) is 15.8. The predicted octanol–water partition coefficient (Wildman–Crippen LogP) is 7.62. The molecule has 0 aliphatic heterocycles. The number of methoxy groups -OCH3 is 2. The summed E-state index contributed by atoms with van der Waals surface area (Å²) in [5.41, 5.74) is 12.7. The van der Waals surface area contributed by atoms with Gasteiger partial charge in [0.2, 0.25) is 0 Å². The van der Waals surface area contributed by atoms with Crippen molar-refractivity contribution in [1.82, 2.24) is 4.90 Å². The fourth-order valence-corrected chi connectivity index (χ4v) is 5.73. The zero-order chi connectivity index (χ0) is 31.4. The first-order chi connectivity index (χ1) is 22.1. The van der Waals surface area contributed by atoms with E-state index in [0.717, 1.165) is 35.6 Å². The fraction of sp³-hybridized carbons (Fsp3) is 0.231. The van der Waals surface area contributed by atoms with Crippen molar-refractivity contribution in [2.45, 2.75) is 31.5 Å². The van der Waals surface area contributed by atoms with Crippen molar-refractivity contribution in [2.24, 2.45) is 0 Å². The summed E-state index contributed by atoms with van der Waals surface area (Å²) in [6.07, 6.45) is 0.829. The van der Waals surface area contributed by atoms with Gasteiger partial charge in [-0.25, -0.2) is 0 Å². The highest BCUT2D eigenvalue weighted by molar-refractivity contribution is 5.55. The van der Waals surface area contributed by atoms with Crippen LogP contribution in [0.2, 0.25) is 0 Å². The number of hydrogen-bond donors (Lipinski definition) is 2. The average molecular weight is 603 g/mol. The van der Waals surface area contributed by atoms with E-state index < -0.39 is 0 Å². The van der Waals surface area contributed by atoms with Crippen LogP contribution in [0.3, 0.4) is 0 Å². The number of rotatable bonds is 15. The smallest absolute Gasteiger partial charge is 0.142 e. The molecule has 232 valence electrons. The molecule has 0 aliphatic rings. The summed E-state index contributed by atoms with van der Waals surface area (Å²) in [7, 11) is 3.36. The molecule has 0 aromatic heterocycles. The van der Waals surface area contributed by atoms with E-state index >= 15 is 0 Å². The minimum Gasteiger partial charge on any atom is -0.497 e. The van der Waals surface area contributed by atoms with E-state index in [4.69, 9.17) is 19.9 Å². The van der Waals surface area contributed by atoms with E-state index in [9.17, 15) is 5.11 Å². The van der Waals surface area contributed by atoms with E-state index in [2.05, 4.69) is 53.4 Å². The van der Waals surface area contributed by atoms with Crippen LogP contribution in [0.1, 0.15) is 46.2 Å². The summed E-state index contributed by atoms with van der Waals surface area (Å²) in [5.74, 6) is 2.41. The number of ether oxygens (including phenoxy) is 3. The molecule has 5 rings (SSSR count). The summed E-state index contributed by atoms with van der Waals surface area (Å²) >= 11 is 0. The van der Waals surface area contributed by atoms with Crippen molar-refractivity contribution in [1.29, 1.82) is 0 Å². The van der Waals surface area contributed by atoms with Crippen LogP contribution in [0.15, 0.2) is 127 Å². The highest BCUT2D eigenvalue weighted by Gasteiger charge is 2.24. The van der Waals surface area contributed by atoms with Crippen LogP contribution in [-0.2, 0) is 13.2 Å². The third kappa shape index (κ3) is 8.44. The Morgan fingerprint density at radius 3 is 1.71 bits per heavy atom. The lowest BCUT2D eigenvalue weighted by Crippen LogP contribution is -2.32. The standard InChI is InChI=1S/C39H42N2O4/c1-43-34-18-13-31(14-19-34)36(32-15-20-35(44-2)21-16-32)23-24-41(26-29-9-5-3-6-10-29)38(27-42)33-17-22-39(37(40)25-33)45-28-30-11-7-4-8-12-30/h3-22,25,36,38,42H,23-24,26-28,40H2,1-2H3. The minimum absolute atomic E-state index is 0.0494. The molecule has 0 radical (unpaired) electrons. The number of nitrogens with two attached hydrogens (primary N) is 1. The Bertz CT molecular complexity index is 1550. The number of nitrogen functional groups attached to an aromatic ring is 1. The number of benzene rings is 5. The van der Waals surface area contributed by atoms with E-state index in [0.29, 0.717) is 24.6 Å². The maximum Gasteiger partial charge on any atom is 0.142 e. The summed E-state index contributed by atoms with van der Waals surface area (Å²) < 4.78 is 16.9. The topological polar surface area (TPSA) is 77.2 Å². The van der Waals surface area contributed by atoms with Crippen molar-refractivity contribution >= 4 is 5.69 Å². The van der Waals surface area contributed by atoms with Gasteiger partial charge < -0.3 is 25.1 Å². The first-order valence-electron chi connectivity index (χ1n) is 15.3. The lowest BCUT2D eigenvalue weighted by Gasteiger charge is -2.33. The highest BCUT2D eigenvalue weighted by Crippen LogP contribution is 2.34. The van der Waals surface area contributed by atoms with Crippen LogP contribution < -0.4 is 19.9 Å². The van der Waals surface area contributed by atoms with Crippen LogP contribution in [0, 0.1) is 0 Å². The Hall–Kier alpha value is -4.78. The first-order valence-corrected chi connectivity index (χ1v) is 15.3. The first kappa shape index (κ1) is 31.6. The zero-order valence-corrected chi connectivity index (χ0v) is 26.0. The van der Waals surface area contributed by atoms with E-state index in [-0.39, 0.29) is 18.6 Å². The number of anilines is 1. The number of hydrogen-bond acceptors (Lipinski definition) is 6. The van der Waals surface area contributed by atoms with Gasteiger partial charge in [-0.3, -0.25) is 4.90 Å². The molecule has 5 aromatic rings. The molecule has 45 heavy (non-hydrogen) atoms. The molecule has 5 aromatic carbocycles. The van der Waals surface area contributed by atoms with E-state index in [1.807, 2.05) is 78.9 Å². The van der Waals surface area contributed by atoms with E-state index in [1.54, 1.807) is 14.2 Å². The summed E-state index contributed by atoms with van der Waals surface area (Å²) in [6, 6.07) is 42.6. The van der Waals surface area contributed by atoms with E-state index in [1.165, 1.54) is 16.7 Å². The van der Waals surface area contributed by atoms with Gasteiger partial charge in [-0.1, -0.05) is 91.0 Å². The average Bonchev–Trinajstić information content (AvgIpc) is 3.09. The Balaban J connectivity index is 1.41. The lowest BCUT2D eigenvalue weighted by atomic mass is 9.88. The molecule has 0 fully saturated rings. The molecule has 3 N–H and O–H groups in total. The fourth-order valence-electron chi connectivity index (χ4n) is 5.73. The van der Waals surface area contributed by atoms with Crippen molar-refractivity contribution in [2.75, 3.05) is 33.1 Å². The van der Waals surface area contributed by atoms with Crippen LogP contribution in [0.25, 0.3) is 0 Å². The van der Waals surface area contributed by atoms with Gasteiger partial charge in [-0.05, 0) is 70.6 Å². The zero-order valence-electron chi connectivity index (χ0n) is 26.0. The largest absolute Gasteiger partial charge is 0.497 e. The van der Waals surface area contributed by atoms with Gasteiger partial charge in [0.05, 0.1) is 32.6 Å². The summed E-state index contributed by atoms with van der Waals surface area (Å²) in [4.78, 5) is 2.34. The molecule has 1 atom stereocenters. The van der Waals surface area contributed by atoms with Crippen molar-refractivity contribution in [3.63, 3.8) is 0 Å². The third-order valence-electron chi connectivity index (χ3n) is 8.24. The third-order valence-corrected chi connectivity index (χ3v) is 8.24. The van der Waals surface area contributed by atoms with Crippen LogP contribution >= 0.6 is 0 Å². The molecular formula is C39H42N2O4. The van der Waals surface area contributed by atoms with Crippen molar-refractivity contribution in [3.8, 4) is 17.2 Å². The van der Waals surface area contributed by atoms with Gasteiger partial charge in [0.1, 0.15) is 23.9 Å². The molecule has 0 aliphatic carbocycles. The van der Waals surface area contributed by atoms with Crippen LogP contribution in [0.5, 0.6) is 17.2 Å². The van der Waals surface area contributed by atoms with Crippen molar-refractivity contribution in [3.05, 3.63) is 155 Å². The second-order valence-electron chi connectivity index (χ2n) is 11.1. The minimum atomic E-state index is -0.261. The van der Waals surface area contributed by atoms with Gasteiger partial charge >= 0.3 is 0 Å². The summed E-state index contributed by atoms with van der Waals surface area (Å²) in [5, 5.41) is 10.8. The molecule has 0 bridgehead atoms. The molecule has 0 saturated carbocycles. The Labute approximate surface area is 266 Å². The molecule has 6 nitrogen and oxygen atoms in total. The summed E-state index contributed by atoms with van der Waals surface area (Å²) in [6.45, 7) is 1.80. The Morgan fingerprint density at radius 2 is 1.20 bits per heavy atom. The second-order valence-corrected chi connectivity index (χ2v) is 11.1. The molecular weight excluding hydrogens is 560 g/mol. The number of nitrogens with zero attached hydrogens (tertiary/aromatic N) is 1. The molecule has 6 heteroatoms. The van der Waals surface area contributed by atoms with Crippen LogP contribution in [-0.4, -0.2) is 37.4 Å². The van der Waals surface area contributed by atoms with Gasteiger partial charge in [-0.15, -0.1) is 0 Å². The Morgan fingerprint density at radius 1 is 0.667 bits per heavy atom. The maximum absolute atomic E-state index is 10.8. The monoisotopic (exact) mass is 602 g/mol. The van der Waals surface area contributed by atoms with Gasteiger partial charge in [0, 0.05) is 19.0 Å². The van der Waals surface area contributed by atoms with Crippen LogP contribution in [0.4, 0.5) is 5.69 Å². The van der Waals surface area contributed by atoms with Gasteiger partial charge in [0.25, 0.3) is 0 Å². The molecule has 0 spiro atoms. The maximum atomic E-state index is 10.8. The molecule has 0 heterocycles. The molecule has 1 unspecified atom stereocenters. The normalized spacial score (nSPS) is 11.8. The van der Waals surface area contributed by atoms with Crippen molar-refractivity contribution < 1.29 is 19.3 Å². The SMILES string of the molecule is COc1ccc(C(CCN(Cc2ccccc2)C(CO)c2ccc(OCc3ccccc3)c(N)c2)c2ccc(OC)cc2)cc1. The highest BCUT2D eigenvalue weighted by atomic mass is 16.5. The van der Waals surface area contributed by atoms with Gasteiger partial charge in [0.15, 0.2) is 0 Å². The lowest BCUT2D eigenvalue weighted by molar-refractivity contribution is 0.114. The predicted molar refractivity (Wildman–Crippen MR) is 181 cm³/mol. The quantitative estimate of drug-likeness (QED) is 0.120. The Kier molecular flexibility index (Phi) is 11.1. The molecule has 0 amide bonds.